The van der Waals surface area contributed by atoms with Crippen LogP contribution in [0.2, 0.25) is 0 Å². The van der Waals surface area contributed by atoms with Gasteiger partial charge in [0.2, 0.25) is 0 Å². The number of rotatable bonds is 4. The van der Waals surface area contributed by atoms with Gasteiger partial charge in [-0.15, -0.1) is 0 Å². The van der Waals surface area contributed by atoms with Gasteiger partial charge in [-0.2, -0.15) is 0 Å². The van der Waals surface area contributed by atoms with E-state index in [1.165, 1.54) is 7.11 Å². The van der Waals surface area contributed by atoms with E-state index >= 15 is 0 Å². The van der Waals surface area contributed by atoms with Crippen LogP contribution in [0.1, 0.15) is 5.56 Å². The first-order chi connectivity index (χ1) is 10.6. The molecule has 1 aromatic rings. The van der Waals surface area contributed by atoms with E-state index in [4.69, 9.17) is 12.2 Å². The summed E-state index contributed by atoms with van der Waals surface area (Å²) in [6.45, 7) is 3.93. The summed E-state index contributed by atoms with van der Waals surface area (Å²) in [6.07, 6.45) is 0.279. The number of likely N-dealkylation sites (N-methyl/N-ethyl adjacent to an activating group) is 1. The van der Waals surface area contributed by atoms with Gasteiger partial charge in [-0.1, -0.05) is 12.1 Å². The van der Waals surface area contributed by atoms with Gasteiger partial charge in [-0.05, 0) is 37.0 Å². The van der Waals surface area contributed by atoms with Crippen LogP contribution >= 0.6 is 12.2 Å². The molecule has 1 aromatic carbocycles. The summed E-state index contributed by atoms with van der Waals surface area (Å²) >= 11 is 5.32. The molecule has 0 unspecified atom stereocenters. The average molecular weight is 322 g/mol. The molecule has 0 radical (unpaired) electrons. The summed E-state index contributed by atoms with van der Waals surface area (Å²) in [5.74, 6) is -0.243. The minimum absolute atomic E-state index is 0.243. The number of nitrogens with one attached hydrogen (secondary N) is 2. The quantitative estimate of drug-likeness (QED) is 0.629. The first kappa shape index (κ1) is 16.7. The number of hydrogen-bond donors (Lipinski definition) is 2. The molecule has 2 rings (SSSR count). The summed E-state index contributed by atoms with van der Waals surface area (Å²) in [6, 6.07) is 7.57. The molecule has 0 aliphatic carbocycles. The van der Waals surface area contributed by atoms with Crippen molar-refractivity contribution in [1.82, 2.24) is 15.3 Å². The van der Waals surface area contributed by atoms with Crippen LogP contribution in [0, 0.1) is 0 Å². The van der Waals surface area contributed by atoms with Crippen LogP contribution in [0.4, 0.5) is 5.69 Å². The van der Waals surface area contributed by atoms with Crippen molar-refractivity contribution in [2.45, 2.75) is 6.42 Å². The lowest BCUT2D eigenvalue weighted by Gasteiger charge is -2.33. The molecule has 0 aromatic heterocycles. The Hall–Kier alpha value is -1.70. The Kier molecular flexibility index (Phi) is 6.11. The molecule has 2 N–H and O–H groups in total. The minimum atomic E-state index is -0.243. The lowest BCUT2D eigenvalue weighted by molar-refractivity contribution is -0.139. The number of esters is 1. The summed E-state index contributed by atoms with van der Waals surface area (Å²) in [5, 5.41) is 5.83. The molecule has 1 saturated heterocycles. The average Bonchev–Trinajstić information content (AvgIpc) is 2.51. The number of nitrogens with zero attached hydrogens (tertiary/aromatic N) is 2. The molecular formula is C15H22N4O2S. The Morgan fingerprint density at radius 2 is 1.86 bits per heavy atom. The van der Waals surface area contributed by atoms with Crippen LogP contribution in [-0.2, 0) is 16.0 Å². The molecule has 120 valence electrons. The van der Waals surface area contributed by atoms with Crippen LogP contribution in [0.5, 0.6) is 0 Å². The van der Waals surface area contributed by atoms with Crippen molar-refractivity contribution < 1.29 is 9.53 Å². The molecule has 22 heavy (non-hydrogen) atoms. The zero-order valence-electron chi connectivity index (χ0n) is 13.0. The fraction of sp³-hybridized carbons (Fsp3) is 0.467. The van der Waals surface area contributed by atoms with Gasteiger partial charge in [-0.3, -0.25) is 10.2 Å². The zero-order chi connectivity index (χ0) is 15.9. The van der Waals surface area contributed by atoms with Crippen molar-refractivity contribution in [3.05, 3.63) is 29.8 Å². The second kappa shape index (κ2) is 8.07. The van der Waals surface area contributed by atoms with Crippen molar-refractivity contribution in [3.8, 4) is 0 Å². The number of piperazine rings is 1. The molecule has 0 spiro atoms. The number of methoxy groups -OCH3 is 1. The zero-order valence-corrected chi connectivity index (χ0v) is 13.8. The van der Waals surface area contributed by atoms with E-state index in [9.17, 15) is 4.79 Å². The molecule has 0 saturated carbocycles. The lowest BCUT2D eigenvalue weighted by atomic mass is 10.1. The summed E-state index contributed by atoms with van der Waals surface area (Å²) < 4.78 is 4.65. The van der Waals surface area contributed by atoms with Crippen molar-refractivity contribution in [1.29, 1.82) is 0 Å². The van der Waals surface area contributed by atoms with Gasteiger partial charge in [-0.25, -0.2) is 5.01 Å². The smallest absolute Gasteiger partial charge is 0.309 e. The minimum Gasteiger partial charge on any atom is -0.469 e. The maximum absolute atomic E-state index is 11.2. The number of carbonyl (C=O) groups excluding carboxylic acids is 1. The first-order valence-corrected chi connectivity index (χ1v) is 7.64. The standard InChI is InChI=1S/C15H22N4O2S/c1-18-7-9-19(10-8-18)17-15(22)16-13-5-3-12(4-6-13)11-14(20)21-2/h3-6H,7-11H2,1-2H3,(H2,16,17,22). The van der Waals surface area contributed by atoms with E-state index < -0.39 is 0 Å². The summed E-state index contributed by atoms with van der Waals surface area (Å²) in [5.41, 5.74) is 5.00. The Labute approximate surface area is 136 Å². The maximum Gasteiger partial charge on any atom is 0.309 e. The van der Waals surface area contributed by atoms with Gasteiger partial charge >= 0.3 is 5.97 Å². The van der Waals surface area contributed by atoms with Crippen molar-refractivity contribution in [2.24, 2.45) is 0 Å². The maximum atomic E-state index is 11.2. The third-order valence-electron chi connectivity index (χ3n) is 3.55. The molecule has 0 bridgehead atoms. The Bertz CT molecular complexity index is 513. The number of hydrazine groups is 1. The number of benzene rings is 1. The molecule has 0 amide bonds. The van der Waals surface area contributed by atoms with Crippen molar-refractivity contribution >= 4 is 29.0 Å². The largest absolute Gasteiger partial charge is 0.469 e. The molecule has 7 heteroatoms. The van der Waals surface area contributed by atoms with E-state index in [0.29, 0.717) is 5.11 Å². The molecule has 1 aliphatic rings. The van der Waals surface area contributed by atoms with Crippen LogP contribution in [0.25, 0.3) is 0 Å². The van der Waals surface area contributed by atoms with E-state index in [-0.39, 0.29) is 12.4 Å². The molecule has 6 nitrogen and oxygen atoms in total. The molecule has 1 fully saturated rings. The highest BCUT2D eigenvalue weighted by Crippen LogP contribution is 2.10. The van der Waals surface area contributed by atoms with Crippen LogP contribution < -0.4 is 10.7 Å². The number of anilines is 1. The Balaban J connectivity index is 1.80. The topological polar surface area (TPSA) is 56.8 Å². The van der Waals surface area contributed by atoms with Crippen molar-refractivity contribution in [3.63, 3.8) is 0 Å². The van der Waals surface area contributed by atoms with E-state index in [2.05, 4.69) is 32.4 Å². The fourth-order valence-corrected chi connectivity index (χ4v) is 2.41. The second-order valence-corrected chi connectivity index (χ2v) is 5.71. The van der Waals surface area contributed by atoms with Gasteiger partial charge in [0.1, 0.15) is 0 Å². The van der Waals surface area contributed by atoms with Gasteiger partial charge in [0.15, 0.2) is 5.11 Å². The summed E-state index contributed by atoms with van der Waals surface area (Å²) in [4.78, 5) is 13.5. The van der Waals surface area contributed by atoms with Gasteiger partial charge in [0.05, 0.1) is 13.5 Å². The van der Waals surface area contributed by atoms with Gasteiger partial charge < -0.3 is 15.0 Å². The molecular weight excluding hydrogens is 300 g/mol. The fourth-order valence-electron chi connectivity index (χ4n) is 2.17. The highest BCUT2D eigenvalue weighted by atomic mass is 32.1. The molecule has 1 heterocycles. The van der Waals surface area contributed by atoms with Gasteiger partial charge in [0.25, 0.3) is 0 Å². The van der Waals surface area contributed by atoms with E-state index in [0.717, 1.165) is 37.4 Å². The predicted molar refractivity (Wildman–Crippen MR) is 90.6 cm³/mol. The predicted octanol–water partition coefficient (Wildman–Crippen LogP) is 0.851. The van der Waals surface area contributed by atoms with Crippen molar-refractivity contribution in [2.75, 3.05) is 45.7 Å². The summed E-state index contributed by atoms with van der Waals surface area (Å²) in [7, 11) is 3.50. The third kappa shape index (κ3) is 5.25. The number of carbonyl (C=O) groups is 1. The third-order valence-corrected chi connectivity index (χ3v) is 3.74. The Morgan fingerprint density at radius 3 is 2.45 bits per heavy atom. The SMILES string of the molecule is COC(=O)Cc1ccc(NC(=S)NN2CCN(C)CC2)cc1. The van der Waals surface area contributed by atoms with E-state index in [1.54, 1.807) is 0 Å². The van der Waals surface area contributed by atoms with E-state index in [1.807, 2.05) is 24.3 Å². The number of ether oxygens (including phenoxy) is 1. The number of hydrogen-bond acceptors (Lipinski definition) is 5. The Morgan fingerprint density at radius 1 is 1.23 bits per heavy atom. The second-order valence-electron chi connectivity index (χ2n) is 5.31. The highest BCUT2D eigenvalue weighted by Gasteiger charge is 2.14. The molecule has 0 atom stereocenters. The van der Waals surface area contributed by atoms with Crippen LogP contribution in [-0.4, -0.2) is 61.3 Å². The van der Waals surface area contributed by atoms with Crippen LogP contribution in [0.3, 0.4) is 0 Å². The first-order valence-electron chi connectivity index (χ1n) is 7.23. The lowest BCUT2D eigenvalue weighted by Crippen LogP contribution is -2.53. The monoisotopic (exact) mass is 322 g/mol. The van der Waals surface area contributed by atoms with Crippen LogP contribution in [0.15, 0.2) is 24.3 Å². The highest BCUT2D eigenvalue weighted by molar-refractivity contribution is 7.80. The van der Waals surface area contributed by atoms with Gasteiger partial charge in [0, 0.05) is 31.9 Å². The molecule has 1 aliphatic heterocycles. The number of thiocarbonyl (C=S) groups is 1. The normalized spacial score (nSPS) is 16.1.